The van der Waals surface area contributed by atoms with Crippen LogP contribution < -0.4 is 0 Å². The van der Waals surface area contributed by atoms with Gasteiger partial charge in [0.05, 0.1) is 4.92 Å². The Labute approximate surface area is 142 Å². The first-order valence-corrected chi connectivity index (χ1v) is 8.88. The molecule has 0 bridgehead atoms. The molecule has 0 saturated carbocycles. The van der Waals surface area contributed by atoms with Crippen LogP contribution >= 0.6 is 0 Å². The molecule has 1 aromatic rings. The van der Waals surface area contributed by atoms with Crippen LogP contribution in [0.1, 0.15) is 37.7 Å². The number of hydrogen-bond donors (Lipinski definition) is 0. The minimum Gasteiger partial charge on any atom is -0.342 e. The summed E-state index contributed by atoms with van der Waals surface area (Å²) in [5, 5.41) is 10.7. The van der Waals surface area contributed by atoms with Crippen LogP contribution in [0, 0.1) is 16.0 Å². The lowest BCUT2D eigenvalue weighted by molar-refractivity contribution is -0.384. The molecule has 130 valence electrons. The van der Waals surface area contributed by atoms with Crippen LogP contribution in [-0.2, 0) is 11.3 Å². The SMILES string of the molecule is O=C(C1CCN(Cc2ccc([N+](=O)[O-])cc2)CC1)N1CCCCC1. The van der Waals surface area contributed by atoms with Crippen molar-refractivity contribution in [2.24, 2.45) is 5.92 Å². The largest absolute Gasteiger partial charge is 0.342 e. The first kappa shape index (κ1) is 16.9. The van der Waals surface area contributed by atoms with E-state index in [-0.39, 0.29) is 16.5 Å². The summed E-state index contributed by atoms with van der Waals surface area (Å²) in [4.78, 5) is 27.3. The number of hydrogen-bond acceptors (Lipinski definition) is 4. The Morgan fingerprint density at radius 2 is 1.67 bits per heavy atom. The number of carbonyl (C=O) groups is 1. The molecule has 1 amide bonds. The summed E-state index contributed by atoms with van der Waals surface area (Å²) < 4.78 is 0. The number of carbonyl (C=O) groups excluding carboxylic acids is 1. The summed E-state index contributed by atoms with van der Waals surface area (Å²) in [6, 6.07) is 6.76. The van der Waals surface area contributed by atoms with Crippen molar-refractivity contribution < 1.29 is 9.72 Å². The average Bonchev–Trinajstić information content (AvgIpc) is 2.63. The maximum absolute atomic E-state index is 12.6. The van der Waals surface area contributed by atoms with Crippen LogP contribution in [0.25, 0.3) is 0 Å². The number of piperidine rings is 2. The monoisotopic (exact) mass is 331 g/mol. The molecule has 0 N–H and O–H groups in total. The molecule has 0 aliphatic carbocycles. The smallest absolute Gasteiger partial charge is 0.269 e. The summed E-state index contributed by atoms with van der Waals surface area (Å²) in [5.74, 6) is 0.529. The Kier molecular flexibility index (Phi) is 5.45. The molecule has 3 rings (SSSR count). The van der Waals surface area contributed by atoms with Gasteiger partial charge in [0.2, 0.25) is 5.91 Å². The van der Waals surface area contributed by atoms with Gasteiger partial charge in [-0.1, -0.05) is 12.1 Å². The molecule has 2 heterocycles. The fraction of sp³-hybridized carbons (Fsp3) is 0.611. The second kappa shape index (κ2) is 7.75. The van der Waals surface area contributed by atoms with Crippen LogP contribution in [0.4, 0.5) is 5.69 Å². The zero-order valence-corrected chi connectivity index (χ0v) is 14.0. The van der Waals surface area contributed by atoms with Crippen molar-refractivity contribution in [3.63, 3.8) is 0 Å². The standard InChI is InChI=1S/C18H25N3O3/c22-18(20-10-2-1-3-11-20)16-8-12-19(13-9-16)14-15-4-6-17(7-5-15)21(23)24/h4-7,16H,1-3,8-14H2. The topological polar surface area (TPSA) is 66.7 Å². The fourth-order valence-electron chi connectivity index (χ4n) is 3.69. The Morgan fingerprint density at radius 1 is 1.04 bits per heavy atom. The van der Waals surface area contributed by atoms with E-state index in [1.165, 1.54) is 6.42 Å². The van der Waals surface area contributed by atoms with Gasteiger partial charge < -0.3 is 4.90 Å². The predicted octanol–water partition coefficient (Wildman–Crippen LogP) is 2.82. The third-order valence-electron chi connectivity index (χ3n) is 5.16. The molecule has 0 atom stereocenters. The van der Waals surface area contributed by atoms with E-state index in [9.17, 15) is 14.9 Å². The van der Waals surface area contributed by atoms with Gasteiger partial charge in [0.25, 0.3) is 5.69 Å². The zero-order chi connectivity index (χ0) is 16.9. The quantitative estimate of drug-likeness (QED) is 0.628. The van der Waals surface area contributed by atoms with Crippen molar-refractivity contribution in [2.75, 3.05) is 26.2 Å². The summed E-state index contributed by atoms with van der Waals surface area (Å²) in [6.07, 6.45) is 5.37. The van der Waals surface area contributed by atoms with Crippen LogP contribution in [0.5, 0.6) is 0 Å². The van der Waals surface area contributed by atoms with Gasteiger partial charge in [-0.25, -0.2) is 0 Å². The highest BCUT2D eigenvalue weighted by atomic mass is 16.6. The van der Waals surface area contributed by atoms with E-state index in [1.807, 2.05) is 12.1 Å². The van der Waals surface area contributed by atoms with Crippen LogP contribution in [0.3, 0.4) is 0 Å². The van der Waals surface area contributed by atoms with Crippen LogP contribution in [-0.4, -0.2) is 46.8 Å². The molecule has 6 nitrogen and oxygen atoms in total. The molecule has 0 spiro atoms. The highest BCUT2D eigenvalue weighted by Crippen LogP contribution is 2.23. The van der Waals surface area contributed by atoms with E-state index in [1.54, 1.807) is 12.1 Å². The molecule has 0 unspecified atom stereocenters. The Morgan fingerprint density at radius 3 is 2.25 bits per heavy atom. The Balaban J connectivity index is 1.48. The number of nitro benzene ring substituents is 1. The maximum atomic E-state index is 12.6. The van der Waals surface area contributed by atoms with Gasteiger partial charge in [0.1, 0.15) is 0 Å². The predicted molar refractivity (Wildman–Crippen MR) is 91.5 cm³/mol. The lowest BCUT2D eigenvalue weighted by Gasteiger charge is -2.35. The zero-order valence-electron chi connectivity index (χ0n) is 14.0. The van der Waals surface area contributed by atoms with Crippen LogP contribution in [0.2, 0.25) is 0 Å². The Bertz CT molecular complexity index is 574. The van der Waals surface area contributed by atoms with Gasteiger partial charge in [-0.2, -0.15) is 0 Å². The van der Waals surface area contributed by atoms with E-state index < -0.39 is 0 Å². The molecule has 2 fully saturated rings. The molecule has 0 aromatic heterocycles. The van der Waals surface area contributed by atoms with E-state index in [2.05, 4.69) is 9.80 Å². The van der Waals surface area contributed by atoms with Crippen molar-refractivity contribution in [1.29, 1.82) is 0 Å². The molecule has 0 radical (unpaired) electrons. The van der Waals surface area contributed by atoms with E-state index in [4.69, 9.17) is 0 Å². The van der Waals surface area contributed by atoms with Gasteiger partial charge in [-0.15, -0.1) is 0 Å². The molecular formula is C18H25N3O3. The first-order valence-electron chi connectivity index (χ1n) is 8.88. The molecule has 6 heteroatoms. The van der Waals surface area contributed by atoms with Crippen LogP contribution in [0.15, 0.2) is 24.3 Å². The van der Waals surface area contributed by atoms with Crippen molar-refractivity contribution in [3.8, 4) is 0 Å². The average molecular weight is 331 g/mol. The minimum atomic E-state index is -0.374. The molecule has 1 aromatic carbocycles. The molecule has 2 aliphatic heterocycles. The Hall–Kier alpha value is -1.95. The van der Waals surface area contributed by atoms with E-state index >= 15 is 0 Å². The first-order chi connectivity index (χ1) is 11.6. The fourth-order valence-corrected chi connectivity index (χ4v) is 3.69. The van der Waals surface area contributed by atoms with Gasteiger partial charge >= 0.3 is 0 Å². The summed E-state index contributed by atoms with van der Waals surface area (Å²) >= 11 is 0. The summed E-state index contributed by atoms with van der Waals surface area (Å²) in [6.45, 7) is 4.49. The second-order valence-electron chi connectivity index (χ2n) is 6.86. The number of nitrogens with zero attached hydrogens (tertiary/aromatic N) is 3. The minimum absolute atomic E-state index is 0.129. The van der Waals surface area contributed by atoms with Crippen molar-refractivity contribution in [2.45, 2.75) is 38.6 Å². The number of rotatable bonds is 4. The van der Waals surface area contributed by atoms with Gasteiger partial charge in [-0.3, -0.25) is 19.8 Å². The lowest BCUT2D eigenvalue weighted by Crippen LogP contribution is -2.44. The third-order valence-corrected chi connectivity index (χ3v) is 5.16. The van der Waals surface area contributed by atoms with E-state index in [0.29, 0.717) is 5.91 Å². The van der Waals surface area contributed by atoms with Gasteiger partial charge in [-0.05, 0) is 50.8 Å². The summed E-state index contributed by atoms with van der Waals surface area (Å²) in [5.41, 5.74) is 1.21. The number of benzene rings is 1. The number of non-ortho nitro benzene ring substituents is 1. The lowest BCUT2D eigenvalue weighted by atomic mass is 9.94. The number of likely N-dealkylation sites (tertiary alicyclic amines) is 2. The second-order valence-corrected chi connectivity index (χ2v) is 6.86. The van der Waals surface area contributed by atoms with Gasteiger partial charge in [0.15, 0.2) is 0 Å². The van der Waals surface area contributed by atoms with Crippen molar-refractivity contribution in [1.82, 2.24) is 9.80 Å². The third kappa shape index (κ3) is 4.12. The molecule has 24 heavy (non-hydrogen) atoms. The normalized spacial score (nSPS) is 20.1. The van der Waals surface area contributed by atoms with Crippen molar-refractivity contribution in [3.05, 3.63) is 39.9 Å². The molecule has 2 aliphatic rings. The number of nitro groups is 1. The van der Waals surface area contributed by atoms with E-state index in [0.717, 1.165) is 64.0 Å². The maximum Gasteiger partial charge on any atom is 0.269 e. The highest BCUT2D eigenvalue weighted by Gasteiger charge is 2.29. The molecule has 2 saturated heterocycles. The molecular weight excluding hydrogens is 306 g/mol. The highest BCUT2D eigenvalue weighted by molar-refractivity contribution is 5.79. The van der Waals surface area contributed by atoms with Gasteiger partial charge in [0, 0.05) is 37.7 Å². The summed E-state index contributed by atoms with van der Waals surface area (Å²) in [7, 11) is 0. The number of amides is 1. The van der Waals surface area contributed by atoms with Crippen molar-refractivity contribution >= 4 is 11.6 Å².